The van der Waals surface area contributed by atoms with Gasteiger partial charge in [-0.3, -0.25) is 10.9 Å². The molecule has 0 unspecified atom stereocenters. The summed E-state index contributed by atoms with van der Waals surface area (Å²) in [6, 6.07) is 3.59. The van der Waals surface area contributed by atoms with Crippen LogP contribution in [0.4, 0.5) is 10.6 Å². The number of nitrogens with one attached hydrogen (secondary N) is 3. The quantitative estimate of drug-likeness (QED) is 0.591. The van der Waals surface area contributed by atoms with Crippen molar-refractivity contribution >= 4 is 23.4 Å². The number of amides is 2. The van der Waals surface area contributed by atoms with Crippen molar-refractivity contribution in [2.75, 3.05) is 5.43 Å². The minimum atomic E-state index is -0.290. The summed E-state index contributed by atoms with van der Waals surface area (Å²) >= 11 is 5.90. The first kappa shape index (κ1) is 15.4. The summed E-state index contributed by atoms with van der Waals surface area (Å²) in [4.78, 5) is 15.8. The minimum absolute atomic E-state index is 0.120. The van der Waals surface area contributed by atoms with Crippen LogP contribution >= 0.6 is 11.6 Å². The zero-order chi connectivity index (χ0) is 15.2. The molecule has 3 N–H and O–H groups in total. The summed E-state index contributed by atoms with van der Waals surface area (Å²) < 4.78 is 0. The summed E-state index contributed by atoms with van der Waals surface area (Å²) in [6.07, 6.45) is 5.60. The number of hydrogen-bond acceptors (Lipinski definition) is 4. The van der Waals surface area contributed by atoms with E-state index < -0.39 is 0 Å². The molecule has 0 atom stereocenters. The molecule has 1 aliphatic carbocycles. The highest BCUT2D eigenvalue weighted by molar-refractivity contribution is 6.30. The molecule has 1 aromatic heterocycles. The van der Waals surface area contributed by atoms with Crippen molar-refractivity contribution in [3.05, 3.63) is 22.3 Å². The topological polar surface area (TPSA) is 89.8 Å². The lowest BCUT2D eigenvalue weighted by molar-refractivity contribution is 0.234. The monoisotopic (exact) mass is 307 g/mol. The molecule has 1 aliphatic rings. The zero-order valence-electron chi connectivity index (χ0n) is 11.9. The van der Waals surface area contributed by atoms with Gasteiger partial charge in [-0.15, -0.1) is 0 Å². The zero-order valence-corrected chi connectivity index (χ0v) is 12.6. The molecule has 0 saturated heterocycles. The number of hydrogen-bond donors (Lipinski definition) is 3. The van der Waals surface area contributed by atoms with Gasteiger partial charge in [-0.2, -0.15) is 5.26 Å². The average molecular weight is 308 g/mol. The van der Waals surface area contributed by atoms with Crippen molar-refractivity contribution < 1.29 is 4.79 Å². The normalized spacial score (nSPS) is 15.1. The third-order valence-electron chi connectivity index (χ3n) is 3.53. The smallest absolute Gasteiger partial charge is 0.333 e. The first-order valence-corrected chi connectivity index (χ1v) is 7.37. The molecule has 112 valence electrons. The fourth-order valence-electron chi connectivity index (χ4n) is 2.42. The molecular weight excluding hydrogens is 290 g/mol. The predicted octanol–water partition coefficient (Wildman–Crippen LogP) is 2.87. The van der Waals surface area contributed by atoms with E-state index in [1.54, 1.807) is 13.0 Å². The number of aryl methyl sites for hydroxylation is 1. The molecule has 2 amide bonds. The van der Waals surface area contributed by atoms with Crippen LogP contribution in [-0.4, -0.2) is 17.1 Å². The van der Waals surface area contributed by atoms with Crippen LogP contribution in [0.2, 0.25) is 5.15 Å². The number of nitriles is 1. The van der Waals surface area contributed by atoms with Gasteiger partial charge in [0.15, 0.2) is 0 Å². The molecule has 1 saturated carbocycles. The minimum Gasteiger partial charge on any atom is -0.334 e. The summed E-state index contributed by atoms with van der Waals surface area (Å²) in [5.41, 5.74) is 6.28. The molecule has 0 aliphatic heterocycles. The molecule has 1 fully saturated rings. The van der Waals surface area contributed by atoms with Crippen molar-refractivity contribution in [2.45, 2.75) is 45.1 Å². The Morgan fingerprint density at radius 1 is 1.43 bits per heavy atom. The molecule has 0 aromatic carbocycles. The van der Waals surface area contributed by atoms with Gasteiger partial charge in [-0.05, 0) is 31.4 Å². The molecule has 0 spiro atoms. The molecule has 0 bridgehead atoms. The van der Waals surface area contributed by atoms with E-state index in [-0.39, 0.29) is 17.2 Å². The van der Waals surface area contributed by atoms with Crippen molar-refractivity contribution in [3.8, 4) is 6.07 Å². The molecule has 21 heavy (non-hydrogen) atoms. The van der Waals surface area contributed by atoms with Gasteiger partial charge in [-0.25, -0.2) is 9.78 Å². The predicted molar refractivity (Wildman–Crippen MR) is 80.9 cm³/mol. The van der Waals surface area contributed by atoms with E-state index in [9.17, 15) is 4.79 Å². The number of carbonyl (C=O) groups excluding carboxylic acids is 1. The first-order chi connectivity index (χ1) is 10.1. The highest BCUT2D eigenvalue weighted by atomic mass is 35.5. The lowest BCUT2D eigenvalue weighted by atomic mass is 9.96. The van der Waals surface area contributed by atoms with Crippen LogP contribution < -0.4 is 16.2 Å². The number of pyridine rings is 1. The second-order valence-corrected chi connectivity index (χ2v) is 5.52. The van der Waals surface area contributed by atoms with Crippen LogP contribution in [0.5, 0.6) is 0 Å². The van der Waals surface area contributed by atoms with Gasteiger partial charge >= 0.3 is 6.03 Å². The molecule has 2 rings (SSSR count). The number of anilines is 1. The van der Waals surface area contributed by atoms with Gasteiger partial charge < -0.3 is 5.32 Å². The third kappa shape index (κ3) is 4.23. The molecule has 7 heteroatoms. The summed E-state index contributed by atoms with van der Waals surface area (Å²) in [5, 5.41) is 12.0. The Labute approximate surface area is 128 Å². The number of nitrogens with zero attached hydrogens (tertiary/aromatic N) is 2. The van der Waals surface area contributed by atoms with E-state index in [1.165, 1.54) is 6.42 Å². The third-order valence-corrected chi connectivity index (χ3v) is 3.80. The lowest BCUT2D eigenvalue weighted by Crippen LogP contribution is -2.45. The Morgan fingerprint density at radius 3 is 2.76 bits per heavy atom. The number of urea groups is 1. The van der Waals surface area contributed by atoms with E-state index in [4.69, 9.17) is 16.9 Å². The number of halogens is 1. The van der Waals surface area contributed by atoms with Crippen LogP contribution in [0.3, 0.4) is 0 Å². The Balaban J connectivity index is 1.88. The molecule has 0 radical (unpaired) electrons. The molecular formula is C14H18ClN5O. The van der Waals surface area contributed by atoms with E-state index >= 15 is 0 Å². The largest absolute Gasteiger partial charge is 0.334 e. The van der Waals surface area contributed by atoms with Crippen LogP contribution in [0.25, 0.3) is 0 Å². The number of rotatable bonds is 3. The van der Waals surface area contributed by atoms with Crippen molar-refractivity contribution in [1.82, 2.24) is 15.7 Å². The molecule has 1 aromatic rings. The Hall–Kier alpha value is -2.00. The Morgan fingerprint density at radius 2 is 2.14 bits per heavy atom. The summed E-state index contributed by atoms with van der Waals surface area (Å²) in [7, 11) is 0. The van der Waals surface area contributed by atoms with Crippen molar-refractivity contribution in [3.63, 3.8) is 0 Å². The Kier molecular flexibility index (Phi) is 5.23. The van der Waals surface area contributed by atoms with Crippen LogP contribution in [0, 0.1) is 18.3 Å². The second kappa shape index (κ2) is 7.14. The van der Waals surface area contributed by atoms with E-state index in [0.29, 0.717) is 16.9 Å². The van der Waals surface area contributed by atoms with Gasteiger partial charge in [0, 0.05) is 6.04 Å². The number of carbonyl (C=O) groups is 1. The lowest BCUT2D eigenvalue weighted by Gasteiger charge is -2.23. The SMILES string of the molecule is Cc1cc(NNC(=O)NC2CCCCC2)nc(Cl)c1C#N. The van der Waals surface area contributed by atoms with Gasteiger partial charge in [0.1, 0.15) is 17.0 Å². The first-order valence-electron chi connectivity index (χ1n) is 7.00. The molecule has 6 nitrogen and oxygen atoms in total. The van der Waals surface area contributed by atoms with Gasteiger partial charge in [0.05, 0.1) is 5.56 Å². The van der Waals surface area contributed by atoms with Crippen molar-refractivity contribution in [2.24, 2.45) is 0 Å². The standard InChI is InChI=1S/C14H18ClN5O/c1-9-7-12(18-13(15)11(9)8-16)19-20-14(21)17-10-5-3-2-4-6-10/h7,10H,2-6H2,1H3,(H,18,19)(H2,17,20,21). The fraction of sp³-hybridized carbons (Fsp3) is 0.500. The van der Waals surface area contributed by atoms with Gasteiger partial charge in [0.2, 0.25) is 0 Å². The fourth-order valence-corrected chi connectivity index (χ4v) is 2.70. The number of aromatic nitrogens is 1. The summed E-state index contributed by atoms with van der Waals surface area (Å²) in [5.74, 6) is 0.398. The second-order valence-electron chi connectivity index (χ2n) is 5.16. The van der Waals surface area contributed by atoms with Crippen LogP contribution in [0.15, 0.2) is 6.07 Å². The van der Waals surface area contributed by atoms with E-state index in [1.807, 2.05) is 6.07 Å². The highest BCUT2D eigenvalue weighted by Crippen LogP contribution is 2.20. The van der Waals surface area contributed by atoms with Crippen LogP contribution in [0.1, 0.15) is 43.2 Å². The Bertz CT molecular complexity index is 540. The maximum atomic E-state index is 11.8. The van der Waals surface area contributed by atoms with E-state index in [2.05, 4.69) is 21.2 Å². The van der Waals surface area contributed by atoms with Crippen LogP contribution in [-0.2, 0) is 0 Å². The maximum Gasteiger partial charge on any atom is 0.333 e. The van der Waals surface area contributed by atoms with E-state index in [0.717, 1.165) is 25.7 Å². The van der Waals surface area contributed by atoms with Gasteiger partial charge in [-0.1, -0.05) is 30.9 Å². The van der Waals surface area contributed by atoms with Crippen molar-refractivity contribution in [1.29, 1.82) is 5.26 Å². The van der Waals surface area contributed by atoms with Gasteiger partial charge in [0.25, 0.3) is 0 Å². The maximum absolute atomic E-state index is 11.8. The highest BCUT2D eigenvalue weighted by Gasteiger charge is 2.15. The summed E-state index contributed by atoms with van der Waals surface area (Å²) in [6.45, 7) is 1.76. The average Bonchev–Trinajstić information content (AvgIpc) is 2.46. The molecule has 1 heterocycles. The number of hydrazine groups is 1.